The summed E-state index contributed by atoms with van der Waals surface area (Å²) in [4.78, 5) is 10.9. The minimum absolute atomic E-state index is 0.0419. The van der Waals surface area contributed by atoms with Gasteiger partial charge in [0.1, 0.15) is 17.8 Å². The first-order valence-electron chi connectivity index (χ1n) is 6.18. The molecular formula is C15H9F5O3. The first-order valence-corrected chi connectivity index (χ1v) is 6.18. The maximum absolute atomic E-state index is 12.3. The number of alkyl halides is 5. The number of aldehydes is 1. The maximum atomic E-state index is 12.3. The Bertz CT molecular complexity index is 698. The van der Waals surface area contributed by atoms with Gasteiger partial charge in [-0.15, -0.1) is 13.2 Å². The summed E-state index contributed by atoms with van der Waals surface area (Å²) in [5.74, 6) is -0.746. The van der Waals surface area contributed by atoms with Crippen LogP contribution >= 0.6 is 0 Å². The highest BCUT2D eigenvalue weighted by Gasteiger charge is 2.31. The lowest BCUT2D eigenvalue weighted by atomic mass is 10.0. The molecule has 0 atom stereocenters. The Kier molecular flexibility index (Phi) is 4.83. The van der Waals surface area contributed by atoms with Gasteiger partial charge in [-0.1, -0.05) is 12.1 Å². The Balaban J connectivity index is 2.40. The Labute approximate surface area is 127 Å². The molecule has 0 spiro atoms. The number of halogens is 5. The van der Waals surface area contributed by atoms with Gasteiger partial charge in [0.15, 0.2) is 0 Å². The topological polar surface area (TPSA) is 35.5 Å². The van der Waals surface area contributed by atoms with E-state index >= 15 is 0 Å². The first kappa shape index (κ1) is 16.7. The monoisotopic (exact) mass is 332 g/mol. The molecule has 2 rings (SSSR count). The lowest BCUT2D eigenvalue weighted by molar-refractivity contribution is -0.274. The van der Waals surface area contributed by atoms with Crippen LogP contribution in [0.1, 0.15) is 10.4 Å². The van der Waals surface area contributed by atoms with Crippen molar-refractivity contribution in [3.05, 3.63) is 48.0 Å². The van der Waals surface area contributed by atoms with Crippen LogP contribution in [-0.2, 0) is 0 Å². The third-order valence-corrected chi connectivity index (χ3v) is 2.69. The van der Waals surface area contributed by atoms with E-state index in [1.165, 1.54) is 24.3 Å². The molecule has 23 heavy (non-hydrogen) atoms. The number of hydrogen-bond donors (Lipinski definition) is 0. The fraction of sp³-hybridized carbons (Fsp3) is 0.133. The smallest absolute Gasteiger partial charge is 0.435 e. The zero-order chi connectivity index (χ0) is 17.0. The number of hydrogen-bond acceptors (Lipinski definition) is 3. The van der Waals surface area contributed by atoms with Crippen molar-refractivity contribution in [2.24, 2.45) is 0 Å². The van der Waals surface area contributed by atoms with Crippen molar-refractivity contribution in [3.8, 4) is 22.6 Å². The minimum atomic E-state index is -4.85. The molecule has 2 aromatic carbocycles. The number of carbonyl (C=O) groups is 1. The average molecular weight is 332 g/mol. The van der Waals surface area contributed by atoms with Gasteiger partial charge >= 0.3 is 13.0 Å². The molecule has 0 aliphatic rings. The molecule has 0 fully saturated rings. The van der Waals surface area contributed by atoms with Crippen LogP contribution in [0.4, 0.5) is 22.0 Å². The van der Waals surface area contributed by atoms with E-state index in [9.17, 15) is 26.7 Å². The summed E-state index contributed by atoms with van der Waals surface area (Å²) < 4.78 is 69.3. The molecule has 0 bridgehead atoms. The maximum Gasteiger partial charge on any atom is 0.573 e. The lowest BCUT2D eigenvalue weighted by Crippen LogP contribution is -2.17. The van der Waals surface area contributed by atoms with Gasteiger partial charge in [0.05, 0.1) is 0 Å². The predicted molar refractivity (Wildman–Crippen MR) is 70.6 cm³/mol. The van der Waals surface area contributed by atoms with Crippen LogP contribution in [0.3, 0.4) is 0 Å². The van der Waals surface area contributed by atoms with Crippen molar-refractivity contribution < 1.29 is 36.2 Å². The van der Waals surface area contributed by atoms with Gasteiger partial charge in [0, 0.05) is 5.56 Å². The quantitative estimate of drug-likeness (QED) is 0.590. The molecule has 0 saturated carbocycles. The van der Waals surface area contributed by atoms with Gasteiger partial charge in [-0.2, -0.15) is 8.78 Å². The largest absolute Gasteiger partial charge is 0.573 e. The van der Waals surface area contributed by atoms with Crippen LogP contribution in [0.5, 0.6) is 11.5 Å². The molecular weight excluding hydrogens is 323 g/mol. The molecule has 0 amide bonds. The van der Waals surface area contributed by atoms with Gasteiger partial charge in [-0.25, -0.2) is 0 Å². The highest BCUT2D eigenvalue weighted by atomic mass is 19.4. The second-order valence-electron chi connectivity index (χ2n) is 4.36. The van der Waals surface area contributed by atoms with Crippen LogP contribution in [0.25, 0.3) is 11.1 Å². The number of carbonyl (C=O) groups excluding carboxylic acids is 1. The van der Waals surface area contributed by atoms with E-state index in [1.54, 1.807) is 0 Å². The fourth-order valence-electron chi connectivity index (χ4n) is 1.90. The Hall–Kier alpha value is -2.64. The van der Waals surface area contributed by atoms with Crippen LogP contribution in [0.15, 0.2) is 42.5 Å². The third-order valence-electron chi connectivity index (χ3n) is 2.69. The van der Waals surface area contributed by atoms with E-state index in [2.05, 4.69) is 9.47 Å². The summed E-state index contributed by atoms with van der Waals surface area (Å²) in [5, 5.41) is 0. The molecule has 122 valence electrons. The van der Waals surface area contributed by atoms with Gasteiger partial charge in [-0.3, -0.25) is 4.79 Å². The normalized spacial score (nSPS) is 11.4. The lowest BCUT2D eigenvalue weighted by Gasteiger charge is -2.11. The van der Waals surface area contributed by atoms with Crippen molar-refractivity contribution in [2.45, 2.75) is 13.0 Å². The van der Waals surface area contributed by atoms with Gasteiger partial charge in [0.25, 0.3) is 0 Å². The van der Waals surface area contributed by atoms with E-state index in [1.807, 2.05) is 0 Å². The summed E-state index contributed by atoms with van der Waals surface area (Å²) >= 11 is 0. The Morgan fingerprint density at radius 3 is 2.26 bits per heavy atom. The third kappa shape index (κ3) is 4.94. The van der Waals surface area contributed by atoms with E-state index in [4.69, 9.17) is 0 Å². The van der Waals surface area contributed by atoms with Crippen molar-refractivity contribution in [3.63, 3.8) is 0 Å². The van der Waals surface area contributed by atoms with Crippen molar-refractivity contribution in [2.75, 3.05) is 0 Å². The standard InChI is InChI=1S/C15H9F5O3/c16-14(17)22-13-5-9(8-21)4-11(7-13)10-2-1-3-12(6-10)23-15(18,19)20/h1-8,14H. The molecule has 0 N–H and O–H groups in total. The minimum Gasteiger partial charge on any atom is -0.435 e. The molecule has 0 saturated heterocycles. The molecule has 3 nitrogen and oxygen atoms in total. The van der Waals surface area contributed by atoms with E-state index in [-0.39, 0.29) is 22.4 Å². The molecule has 0 aromatic heterocycles. The first-order chi connectivity index (χ1) is 10.8. The highest BCUT2D eigenvalue weighted by molar-refractivity contribution is 5.80. The predicted octanol–water partition coefficient (Wildman–Crippen LogP) is 4.67. The molecule has 0 aliphatic heterocycles. The molecule has 0 heterocycles. The van der Waals surface area contributed by atoms with Gasteiger partial charge in [0.2, 0.25) is 0 Å². The number of rotatable bonds is 5. The van der Waals surface area contributed by atoms with E-state index in [0.717, 1.165) is 18.2 Å². The molecule has 0 aliphatic carbocycles. The highest BCUT2D eigenvalue weighted by Crippen LogP contribution is 2.31. The Morgan fingerprint density at radius 1 is 0.957 bits per heavy atom. The van der Waals surface area contributed by atoms with Gasteiger partial charge < -0.3 is 9.47 Å². The fourth-order valence-corrected chi connectivity index (χ4v) is 1.90. The summed E-state index contributed by atoms with van der Waals surface area (Å²) in [6, 6.07) is 8.53. The van der Waals surface area contributed by atoms with Crippen LogP contribution in [0, 0.1) is 0 Å². The second kappa shape index (κ2) is 6.64. The summed E-state index contributed by atoms with van der Waals surface area (Å²) in [6.07, 6.45) is -4.44. The van der Waals surface area contributed by atoms with Gasteiger partial charge in [-0.05, 0) is 41.5 Å². The molecule has 8 heteroatoms. The zero-order valence-corrected chi connectivity index (χ0v) is 11.3. The average Bonchev–Trinajstić information content (AvgIpc) is 2.44. The number of ether oxygens (including phenoxy) is 2. The molecule has 0 radical (unpaired) electrons. The van der Waals surface area contributed by atoms with Crippen LogP contribution in [-0.4, -0.2) is 19.3 Å². The Morgan fingerprint density at radius 2 is 1.65 bits per heavy atom. The summed E-state index contributed by atoms with van der Waals surface area (Å²) in [5.41, 5.74) is 0.521. The number of benzene rings is 2. The second-order valence-corrected chi connectivity index (χ2v) is 4.36. The van der Waals surface area contributed by atoms with E-state index in [0.29, 0.717) is 6.29 Å². The van der Waals surface area contributed by atoms with Crippen LogP contribution < -0.4 is 9.47 Å². The SMILES string of the molecule is O=Cc1cc(OC(F)F)cc(-c2cccc(OC(F)(F)F)c2)c1. The molecule has 0 unspecified atom stereocenters. The van der Waals surface area contributed by atoms with Crippen LogP contribution in [0.2, 0.25) is 0 Å². The zero-order valence-electron chi connectivity index (χ0n) is 11.3. The van der Waals surface area contributed by atoms with Crippen molar-refractivity contribution in [1.82, 2.24) is 0 Å². The van der Waals surface area contributed by atoms with Crippen molar-refractivity contribution >= 4 is 6.29 Å². The summed E-state index contributed by atoms with van der Waals surface area (Å²) in [6.45, 7) is -3.09. The van der Waals surface area contributed by atoms with E-state index < -0.39 is 18.7 Å². The summed E-state index contributed by atoms with van der Waals surface area (Å²) in [7, 11) is 0. The van der Waals surface area contributed by atoms with Crippen molar-refractivity contribution in [1.29, 1.82) is 0 Å². The molecule has 2 aromatic rings.